The Morgan fingerprint density at radius 3 is 2.42 bits per heavy atom. The molecule has 1 aliphatic rings. The maximum absolute atomic E-state index is 12.8. The first-order valence-electron chi connectivity index (χ1n) is 7.99. The lowest BCUT2D eigenvalue weighted by Crippen LogP contribution is -2.57. The number of para-hydroxylation sites is 2. The average Bonchev–Trinajstić information content (AvgIpc) is 2.98. The molecule has 0 aliphatic carbocycles. The first kappa shape index (κ1) is 22.7. The summed E-state index contributed by atoms with van der Waals surface area (Å²) in [4.78, 5) is 20.4. The monoisotopic (exact) mass is 422 g/mol. The Bertz CT molecular complexity index is 830. The molecule has 146 valence electrons. The Labute approximate surface area is 165 Å². The van der Waals surface area contributed by atoms with E-state index in [9.17, 15) is 13.2 Å². The fourth-order valence-electron chi connectivity index (χ4n) is 3.17. The predicted molar refractivity (Wildman–Crippen MR) is 107 cm³/mol. The first-order chi connectivity index (χ1) is 11.3. The summed E-state index contributed by atoms with van der Waals surface area (Å²) in [6.07, 6.45) is 1.71. The number of hydrogen-bond donors (Lipinski definition) is 3. The molecular weight excluding hydrogens is 399 g/mol. The summed E-state index contributed by atoms with van der Waals surface area (Å²) in [6, 6.07) is 7.18. The molecule has 0 spiro atoms. The molecule has 1 aromatic carbocycles. The zero-order valence-electron chi connectivity index (χ0n) is 14.6. The lowest BCUT2D eigenvalue weighted by atomic mass is 9.95. The molecule has 0 radical (unpaired) electrons. The number of benzene rings is 1. The largest absolute Gasteiger partial charge is 0.345 e. The van der Waals surface area contributed by atoms with Gasteiger partial charge in [0.1, 0.15) is 5.82 Å². The van der Waals surface area contributed by atoms with E-state index in [2.05, 4.69) is 20.6 Å². The van der Waals surface area contributed by atoms with Gasteiger partial charge in [0.25, 0.3) is 0 Å². The van der Waals surface area contributed by atoms with Gasteiger partial charge in [0.05, 0.1) is 17.1 Å². The number of hydrogen-bond acceptors (Lipinski definition) is 5. The number of piperidine rings is 1. The van der Waals surface area contributed by atoms with Crippen LogP contribution in [0.3, 0.4) is 0 Å². The maximum atomic E-state index is 12.8. The lowest BCUT2D eigenvalue weighted by molar-refractivity contribution is -0.125. The van der Waals surface area contributed by atoms with Gasteiger partial charge in [0.2, 0.25) is 5.91 Å². The highest BCUT2D eigenvalue weighted by molar-refractivity contribution is 7.92. The highest BCUT2D eigenvalue weighted by atomic mass is 35.5. The highest BCUT2D eigenvalue weighted by Crippen LogP contribution is 2.29. The number of sulfone groups is 1. The van der Waals surface area contributed by atoms with E-state index >= 15 is 0 Å². The van der Waals surface area contributed by atoms with Gasteiger partial charge in [0.15, 0.2) is 14.6 Å². The van der Waals surface area contributed by atoms with Crippen molar-refractivity contribution >= 4 is 51.6 Å². The molecule has 2 heterocycles. The van der Waals surface area contributed by atoms with Gasteiger partial charge >= 0.3 is 0 Å². The van der Waals surface area contributed by atoms with E-state index < -0.39 is 26.5 Å². The van der Waals surface area contributed by atoms with Gasteiger partial charge in [-0.25, -0.2) is 13.4 Å². The molecule has 1 unspecified atom stereocenters. The molecular formula is C16H24Cl2N4O3S. The van der Waals surface area contributed by atoms with Crippen LogP contribution in [-0.2, 0) is 14.6 Å². The molecule has 1 fully saturated rings. The Morgan fingerprint density at radius 2 is 1.85 bits per heavy atom. The lowest BCUT2D eigenvalue weighted by Gasteiger charge is -2.35. The van der Waals surface area contributed by atoms with Crippen molar-refractivity contribution in [1.29, 1.82) is 0 Å². The number of aromatic nitrogens is 2. The summed E-state index contributed by atoms with van der Waals surface area (Å²) in [5.74, 6) is 0.168. The molecule has 1 atom stereocenters. The third kappa shape index (κ3) is 4.14. The third-order valence-electron chi connectivity index (χ3n) is 4.70. The van der Waals surface area contributed by atoms with Crippen LogP contribution in [0.5, 0.6) is 0 Å². The normalized spacial score (nSPS) is 17.6. The minimum atomic E-state index is -3.52. The van der Waals surface area contributed by atoms with Crippen LogP contribution >= 0.6 is 24.8 Å². The van der Waals surface area contributed by atoms with Crippen molar-refractivity contribution in [3.8, 4) is 0 Å². The average molecular weight is 423 g/mol. The SMILES string of the molecule is CC(NC(=O)C1(S(C)(=O)=O)CCNCC1)c1nc2ccccc2[nH]1.Cl.Cl. The quantitative estimate of drug-likeness (QED) is 0.695. The van der Waals surface area contributed by atoms with Gasteiger partial charge < -0.3 is 15.6 Å². The molecule has 1 saturated heterocycles. The van der Waals surface area contributed by atoms with E-state index in [0.29, 0.717) is 18.9 Å². The van der Waals surface area contributed by atoms with Crippen molar-refractivity contribution in [2.24, 2.45) is 0 Å². The van der Waals surface area contributed by atoms with Crippen LogP contribution in [0.2, 0.25) is 0 Å². The smallest absolute Gasteiger partial charge is 0.242 e. The van der Waals surface area contributed by atoms with E-state index in [1.54, 1.807) is 6.92 Å². The number of rotatable bonds is 4. The Morgan fingerprint density at radius 1 is 1.23 bits per heavy atom. The van der Waals surface area contributed by atoms with E-state index in [1.165, 1.54) is 0 Å². The van der Waals surface area contributed by atoms with Crippen LogP contribution in [-0.4, -0.2) is 48.4 Å². The molecule has 3 rings (SSSR count). The van der Waals surface area contributed by atoms with E-state index in [1.807, 2.05) is 24.3 Å². The van der Waals surface area contributed by atoms with Crippen molar-refractivity contribution in [2.75, 3.05) is 19.3 Å². The second-order valence-electron chi connectivity index (χ2n) is 6.35. The Hall–Kier alpha value is -1.35. The number of H-pyrrole nitrogens is 1. The minimum absolute atomic E-state index is 0. The van der Waals surface area contributed by atoms with Crippen LogP contribution in [0.1, 0.15) is 31.6 Å². The Balaban J connectivity index is 0.00000169. The second-order valence-corrected chi connectivity index (χ2v) is 8.68. The molecule has 7 nitrogen and oxygen atoms in total. The van der Waals surface area contributed by atoms with Crippen LogP contribution in [0.25, 0.3) is 11.0 Å². The highest BCUT2D eigenvalue weighted by Gasteiger charge is 2.49. The van der Waals surface area contributed by atoms with Crippen molar-refractivity contribution in [2.45, 2.75) is 30.6 Å². The van der Waals surface area contributed by atoms with Crippen molar-refractivity contribution in [3.05, 3.63) is 30.1 Å². The van der Waals surface area contributed by atoms with Gasteiger partial charge in [-0.1, -0.05) is 12.1 Å². The molecule has 0 bridgehead atoms. The van der Waals surface area contributed by atoms with Gasteiger partial charge in [0, 0.05) is 6.26 Å². The predicted octanol–water partition coefficient (Wildman–Crippen LogP) is 1.75. The number of aromatic amines is 1. The molecule has 26 heavy (non-hydrogen) atoms. The number of amides is 1. The maximum Gasteiger partial charge on any atom is 0.242 e. The number of carbonyl (C=O) groups excluding carboxylic acids is 1. The Kier molecular flexibility index (Phi) is 7.47. The minimum Gasteiger partial charge on any atom is -0.345 e. The summed E-state index contributed by atoms with van der Waals surface area (Å²) < 4.78 is 23.2. The zero-order valence-corrected chi connectivity index (χ0v) is 17.1. The van der Waals surface area contributed by atoms with Crippen LogP contribution in [0.15, 0.2) is 24.3 Å². The number of fused-ring (bicyclic) bond motifs is 1. The van der Waals surface area contributed by atoms with E-state index in [-0.39, 0.29) is 37.7 Å². The van der Waals surface area contributed by atoms with Crippen LogP contribution in [0, 0.1) is 0 Å². The third-order valence-corrected chi connectivity index (χ3v) is 6.71. The number of nitrogens with zero attached hydrogens (tertiary/aromatic N) is 1. The number of halogens is 2. The summed E-state index contributed by atoms with van der Waals surface area (Å²) in [5, 5.41) is 5.94. The van der Waals surface area contributed by atoms with E-state index in [0.717, 1.165) is 17.3 Å². The van der Waals surface area contributed by atoms with Gasteiger partial charge in [-0.05, 0) is 45.0 Å². The molecule has 1 aliphatic heterocycles. The van der Waals surface area contributed by atoms with E-state index in [4.69, 9.17) is 0 Å². The standard InChI is InChI=1S/C16H22N4O3S.2ClH/c1-11(14-19-12-5-3-4-6-13(12)20-14)18-15(21)16(24(2,22)23)7-9-17-10-8-16;;/h3-6,11,17H,7-10H2,1-2H3,(H,18,21)(H,19,20);2*1H. The molecule has 3 N–H and O–H groups in total. The molecule has 2 aromatic rings. The summed E-state index contributed by atoms with van der Waals surface area (Å²) in [5.41, 5.74) is 1.70. The topological polar surface area (TPSA) is 104 Å². The second kappa shape index (κ2) is 8.56. The van der Waals surface area contributed by atoms with Gasteiger partial charge in [-0.2, -0.15) is 0 Å². The summed E-state index contributed by atoms with van der Waals surface area (Å²) in [6.45, 7) is 2.83. The first-order valence-corrected chi connectivity index (χ1v) is 9.88. The number of imidazole rings is 1. The van der Waals surface area contributed by atoms with Crippen molar-refractivity contribution < 1.29 is 13.2 Å². The summed E-state index contributed by atoms with van der Waals surface area (Å²) in [7, 11) is -3.52. The van der Waals surface area contributed by atoms with Crippen molar-refractivity contribution in [3.63, 3.8) is 0 Å². The molecule has 1 aromatic heterocycles. The van der Waals surface area contributed by atoms with Gasteiger partial charge in [-0.3, -0.25) is 4.79 Å². The fourth-order valence-corrected chi connectivity index (χ4v) is 4.51. The zero-order chi connectivity index (χ0) is 17.4. The molecule has 10 heteroatoms. The fraction of sp³-hybridized carbons (Fsp3) is 0.500. The number of nitrogens with one attached hydrogen (secondary N) is 3. The molecule has 0 saturated carbocycles. The van der Waals surface area contributed by atoms with Gasteiger partial charge in [-0.15, -0.1) is 24.8 Å². The van der Waals surface area contributed by atoms with Crippen LogP contribution in [0.4, 0.5) is 0 Å². The molecule has 1 amide bonds. The number of carbonyl (C=O) groups is 1. The van der Waals surface area contributed by atoms with Crippen molar-refractivity contribution in [1.82, 2.24) is 20.6 Å². The van der Waals surface area contributed by atoms with Crippen LogP contribution < -0.4 is 10.6 Å². The summed E-state index contributed by atoms with van der Waals surface area (Å²) >= 11 is 0.